The van der Waals surface area contributed by atoms with Gasteiger partial charge in [0.05, 0.1) is 5.02 Å². The van der Waals surface area contributed by atoms with Gasteiger partial charge in [0.2, 0.25) is 0 Å². The maximum Gasteiger partial charge on any atom is 0.265 e. The molecule has 2 N–H and O–H groups in total. The number of carbonyl (C=O) groups is 2. The summed E-state index contributed by atoms with van der Waals surface area (Å²) in [6.07, 6.45) is -0.870. The van der Waals surface area contributed by atoms with E-state index in [1.165, 1.54) is 12.1 Å². The van der Waals surface area contributed by atoms with Crippen LogP contribution in [0.15, 0.2) is 36.4 Å². The minimum absolute atomic E-state index is 0.0825. The molecule has 2 amide bonds. The first-order valence-corrected chi connectivity index (χ1v) is 8.51. The predicted octanol–water partition coefficient (Wildman–Crippen LogP) is 3.94. The fourth-order valence-corrected chi connectivity index (χ4v) is 2.42. The molecule has 0 aliphatic rings. The molecule has 7 heteroatoms. The van der Waals surface area contributed by atoms with Crippen LogP contribution in [-0.4, -0.2) is 24.5 Å². The molecule has 1 atom stereocenters. The zero-order valence-corrected chi connectivity index (χ0v) is 15.5. The highest BCUT2D eigenvalue weighted by atomic mass is 35.5. The molecule has 0 spiro atoms. The number of ether oxygens (including phenoxy) is 1. The van der Waals surface area contributed by atoms with Crippen molar-refractivity contribution in [2.45, 2.75) is 26.9 Å². The third-order valence-electron chi connectivity index (χ3n) is 3.66. The number of rotatable bonds is 6. The fraction of sp³-hybridized carbons (Fsp3) is 0.263. The predicted molar refractivity (Wildman–Crippen MR) is 99.3 cm³/mol. The Labute approximate surface area is 156 Å². The molecule has 2 aromatic carbocycles. The number of nitrogens with one attached hydrogen (secondary N) is 2. The first-order chi connectivity index (χ1) is 12.3. The van der Waals surface area contributed by atoms with Crippen LogP contribution >= 0.6 is 11.6 Å². The van der Waals surface area contributed by atoms with E-state index < -0.39 is 17.8 Å². The number of benzene rings is 2. The van der Waals surface area contributed by atoms with E-state index in [1.54, 1.807) is 25.1 Å². The van der Waals surface area contributed by atoms with Crippen molar-refractivity contribution in [3.05, 3.63) is 58.4 Å². The van der Waals surface area contributed by atoms with Gasteiger partial charge in [0.15, 0.2) is 6.10 Å². The SMILES string of the molecule is CCNC(=O)c1ccc(C)c(NC(=O)C(C)Oc2ccc(F)cc2Cl)c1. The molecule has 0 radical (unpaired) electrons. The van der Waals surface area contributed by atoms with E-state index in [9.17, 15) is 14.0 Å². The monoisotopic (exact) mass is 378 g/mol. The van der Waals surface area contributed by atoms with E-state index >= 15 is 0 Å². The number of amides is 2. The highest BCUT2D eigenvalue weighted by Crippen LogP contribution is 2.26. The van der Waals surface area contributed by atoms with Gasteiger partial charge in [-0.25, -0.2) is 4.39 Å². The lowest BCUT2D eigenvalue weighted by atomic mass is 10.1. The summed E-state index contributed by atoms with van der Waals surface area (Å²) < 4.78 is 18.6. The summed E-state index contributed by atoms with van der Waals surface area (Å²) in [7, 11) is 0. The topological polar surface area (TPSA) is 67.4 Å². The number of hydrogen-bond donors (Lipinski definition) is 2. The van der Waals surface area contributed by atoms with Gasteiger partial charge in [0, 0.05) is 17.8 Å². The van der Waals surface area contributed by atoms with Gasteiger partial charge in [0.1, 0.15) is 11.6 Å². The molecule has 0 aliphatic heterocycles. The van der Waals surface area contributed by atoms with Crippen molar-refractivity contribution in [1.29, 1.82) is 0 Å². The van der Waals surface area contributed by atoms with Gasteiger partial charge in [0.25, 0.3) is 11.8 Å². The Morgan fingerprint density at radius 1 is 1.23 bits per heavy atom. The Morgan fingerprint density at radius 3 is 2.62 bits per heavy atom. The molecule has 2 rings (SSSR count). The molecule has 0 aliphatic carbocycles. The van der Waals surface area contributed by atoms with Crippen molar-refractivity contribution in [2.75, 3.05) is 11.9 Å². The van der Waals surface area contributed by atoms with Crippen molar-refractivity contribution < 1.29 is 18.7 Å². The molecule has 138 valence electrons. The zero-order chi connectivity index (χ0) is 19.3. The van der Waals surface area contributed by atoms with Crippen molar-refractivity contribution in [3.8, 4) is 5.75 Å². The number of hydrogen-bond acceptors (Lipinski definition) is 3. The smallest absolute Gasteiger partial charge is 0.265 e. The van der Waals surface area contributed by atoms with Crippen molar-refractivity contribution in [2.24, 2.45) is 0 Å². The van der Waals surface area contributed by atoms with Crippen LogP contribution < -0.4 is 15.4 Å². The van der Waals surface area contributed by atoms with Crippen molar-refractivity contribution >= 4 is 29.1 Å². The van der Waals surface area contributed by atoms with E-state index in [0.717, 1.165) is 11.6 Å². The van der Waals surface area contributed by atoms with E-state index in [0.29, 0.717) is 17.8 Å². The minimum Gasteiger partial charge on any atom is -0.479 e. The van der Waals surface area contributed by atoms with Crippen LogP contribution in [0.25, 0.3) is 0 Å². The summed E-state index contributed by atoms with van der Waals surface area (Å²) in [6.45, 7) is 5.71. The average Bonchev–Trinajstić information content (AvgIpc) is 2.59. The zero-order valence-electron chi connectivity index (χ0n) is 14.7. The van der Waals surface area contributed by atoms with Gasteiger partial charge < -0.3 is 15.4 Å². The van der Waals surface area contributed by atoms with E-state index in [4.69, 9.17) is 16.3 Å². The summed E-state index contributed by atoms with van der Waals surface area (Å²) in [5, 5.41) is 5.53. The maximum atomic E-state index is 13.1. The average molecular weight is 379 g/mol. The number of aryl methyl sites for hydroxylation is 1. The first-order valence-electron chi connectivity index (χ1n) is 8.13. The Hall–Kier alpha value is -2.60. The summed E-state index contributed by atoms with van der Waals surface area (Å²) in [5.41, 5.74) is 1.76. The highest BCUT2D eigenvalue weighted by molar-refractivity contribution is 6.32. The van der Waals surface area contributed by atoms with Gasteiger partial charge in [-0.2, -0.15) is 0 Å². The first kappa shape index (κ1) is 19.7. The van der Waals surface area contributed by atoms with Gasteiger partial charge in [-0.05, 0) is 56.7 Å². The van der Waals surface area contributed by atoms with Crippen LogP contribution in [-0.2, 0) is 4.79 Å². The van der Waals surface area contributed by atoms with E-state index in [-0.39, 0.29) is 16.7 Å². The van der Waals surface area contributed by atoms with Crippen LogP contribution in [0.3, 0.4) is 0 Å². The molecular weight excluding hydrogens is 359 g/mol. The largest absolute Gasteiger partial charge is 0.479 e. The number of carbonyl (C=O) groups excluding carboxylic acids is 2. The highest BCUT2D eigenvalue weighted by Gasteiger charge is 2.18. The Balaban J connectivity index is 2.10. The molecule has 0 aromatic heterocycles. The summed E-state index contributed by atoms with van der Waals surface area (Å²) in [6, 6.07) is 8.72. The van der Waals surface area contributed by atoms with Crippen LogP contribution in [0.2, 0.25) is 5.02 Å². The maximum absolute atomic E-state index is 13.1. The molecule has 0 fully saturated rings. The molecule has 2 aromatic rings. The Bertz CT molecular complexity index is 826. The summed E-state index contributed by atoms with van der Waals surface area (Å²) in [5.74, 6) is -0.910. The minimum atomic E-state index is -0.870. The van der Waals surface area contributed by atoms with Gasteiger partial charge >= 0.3 is 0 Å². The number of anilines is 1. The molecule has 26 heavy (non-hydrogen) atoms. The molecule has 1 unspecified atom stereocenters. The van der Waals surface area contributed by atoms with Crippen LogP contribution in [0, 0.1) is 12.7 Å². The van der Waals surface area contributed by atoms with Gasteiger partial charge in [-0.3, -0.25) is 9.59 Å². The number of halogens is 2. The van der Waals surface area contributed by atoms with Crippen molar-refractivity contribution in [1.82, 2.24) is 5.32 Å². The standard InChI is InChI=1S/C19H20ClFN2O3/c1-4-22-19(25)13-6-5-11(2)16(9-13)23-18(24)12(3)26-17-8-7-14(21)10-15(17)20/h5-10,12H,4H2,1-3H3,(H,22,25)(H,23,24). The lowest BCUT2D eigenvalue weighted by molar-refractivity contribution is -0.122. The van der Waals surface area contributed by atoms with Crippen LogP contribution in [0.4, 0.5) is 10.1 Å². The third kappa shape index (κ3) is 4.95. The molecule has 0 heterocycles. The summed E-state index contributed by atoms with van der Waals surface area (Å²) >= 11 is 5.91. The van der Waals surface area contributed by atoms with Crippen molar-refractivity contribution in [3.63, 3.8) is 0 Å². The van der Waals surface area contributed by atoms with E-state index in [1.807, 2.05) is 13.8 Å². The Kier molecular flexibility index (Phi) is 6.58. The second-order valence-electron chi connectivity index (χ2n) is 5.71. The lowest BCUT2D eigenvalue weighted by Crippen LogP contribution is -2.30. The molecule has 0 saturated carbocycles. The third-order valence-corrected chi connectivity index (χ3v) is 3.96. The van der Waals surface area contributed by atoms with Gasteiger partial charge in [-0.15, -0.1) is 0 Å². The van der Waals surface area contributed by atoms with Crippen LogP contribution in [0.1, 0.15) is 29.8 Å². The molecule has 0 bridgehead atoms. The quantitative estimate of drug-likeness (QED) is 0.800. The normalized spacial score (nSPS) is 11.6. The Morgan fingerprint density at radius 2 is 1.96 bits per heavy atom. The summed E-state index contributed by atoms with van der Waals surface area (Å²) in [4.78, 5) is 24.3. The second-order valence-corrected chi connectivity index (χ2v) is 6.12. The fourth-order valence-electron chi connectivity index (χ4n) is 2.21. The molecule has 0 saturated heterocycles. The molecular formula is C19H20ClFN2O3. The van der Waals surface area contributed by atoms with Gasteiger partial charge in [-0.1, -0.05) is 17.7 Å². The second kappa shape index (κ2) is 8.67. The van der Waals surface area contributed by atoms with Crippen LogP contribution in [0.5, 0.6) is 5.75 Å². The molecule has 5 nitrogen and oxygen atoms in total. The van der Waals surface area contributed by atoms with E-state index in [2.05, 4.69) is 10.6 Å². The lowest BCUT2D eigenvalue weighted by Gasteiger charge is -2.17.